The van der Waals surface area contributed by atoms with E-state index in [-0.39, 0.29) is 46.4 Å². The topological polar surface area (TPSA) is 369 Å². The number of nitrogens with one attached hydrogen (secondary N) is 4. The molecule has 0 aromatic heterocycles. The maximum Gasteiger partial charge on any atom is 0.418 e. The standard InChI is InChI=1S/C37H59N3O9S.C32H49ClN2O6.C27H39ClN2O6/c1-8-10-12-13-14-15-16-17-18-19-23-50(46,47)25-26(3)33(42)38-27-21-22-29(48-7)28(24-27)39-34(43)31(32(41)37(4,5)6)40-35(44)30(20-11-9-2)49-36(40)45;1-6-8-10-11-12-13-14-15-16-17-21-40-25-20-19-23(33)22-24(25)34-29(37)27(28(36)32(3,4)5)35-30(38)26(18-9-7-2)41-31(35)39;1-6-7-8-9-10-11-12-13-16-35-21-15-14-19(28)17-20(21)29-24(32)22(23(31)27(3,4)5)30-25(33)18(2)36-26(30)34/h21-22,24,26,30-31H,8-20,23,25H2,1-7H3,(H,38,42)(H,39,43);19-20,22,26-27H,6-18,21H2,1-5H3,(H,34,37);14-15,17-18,22H,6-13,16H2,1-5H3,(H,29,32). The van der Waals surface area contributed by atoms with Crippen LogP contribution in [0.25, 0.3) is 0 Å². The number of ketones is 3. The fourth-order valence-electron chi connectivity index (χ4n) is 14.4. The number of sulfone groups is 1. The summed E-state index contributed by atoms with van der Waals surface area (Å²) < 4.78 is 58.2. The van der Waals surface area contributed by atoms with Crippen molar-refractivity contribution < 1.29 is 99.2 Å². The van der Waals surface area contributed by atoms with E-state index in [1.807, 2.05) is 13.8 Å². The van der Waals surface area contributed by atoms with E-state index in [0.29, 0.717) is 75.1 Å². The highest BCUT2D eigenvalue weighted by atomic mass is 35.5. The van der Waals surface area contributed by atoms with E-state index in [4.69, 9.17) is 51.6 Å². The first-order valence-corrected chi connectivity index (χ1v) is 48.8. The number of ether oxygens (including phenoxy) is 6. The minimum Gasteiger partial charge on any atom is -0.495 e. The van der Waals surface area contributed by atoms with Crippen molar-refractivity contribution in [2.75, 3.05) is 53.1 Å². The second-order valence-corrected chi connectivity index (χ2v) is 39.5. The lowest BCUT2D eigenvalue weighted by Gasteiger charge is -2.28. The second kappa shape index (κ2) is 56.0. The van der Waals surface area contributed by atoms with Crippen LogP contribution in [0, 0.1) is 22.2 Å². The van der Waals surface area contributed by atoms with Gasteiger partial charge in [-0.3, -0.25) is 47.9 Å². The van der Waals surface area contributed by atoms with E-state index in [1.165, 1.54) is 160 Å². The molecule has 7 atom stereocenters. The molecule has 0 aliphatic carbocycles. The number of nitrogens with zero attached hydrogens (tertiary/aromatic N) is 3. The van der Waals surface area contributed by atoms with Crippen LogP contribution in [0.3, 0.4) is 0 Å². The molecule has 0 spiro atoms. The number of halogens is 2. The molecular formula is C96H147Cl2N7O21S. The molecule has 3 aromatic rings. The van der Waals surface area contributed by atoms with Crippen LogP contribution in [0.1, 0.15) is 329 Å². The smallest absolute Gasteiger partial charge is 0.418 e. The lowest BCUT2D eigenvalue weighted by molar-refractivity contribution is -0.144. The van der Waals surface area contributed by atoms with Gasteiger partial charge in [0, 0.05) is 37.9 Å². The average molecular weight is 1840 g/mol. The fraction of sp³-hybridized carbons (Fsp3) is 0.677. The highest BCUT2D eigenvalue weighted by Crippen LogP contribution is 2.37. The lowest BCUT2D eigenvalue weighted by atomic mass is 9.85. The first-order chi connectivity index (χ1) is 60.0. The van der Waals surface area contributed by atoms with Gasteiger partial charge in [0.1, 0.15) is 17.2 Å². The van der Waals surface area contributed by atoms with Crippen molar-refractivity contribution in [2.45, 2.75) is 366 Å². The number of rotatable bonds is 56. The number of imide groups is 3. The maximum absolute atomic E-state index is 13.7. The van der Waals surface area contributed by atoms with Crippen molar-refractivity contribution in [3.05, 3.63) is 64.6 Å². The van der Waals surface area contributed by atoms with E-state index in [1.54, 1.807) is 93.5 Å². The molecule has 0 saturated carbocycles. The summed E-state index contributed by atoms with van der Waals surface area (Å²) in [7, 11) is -2.09. The Labute approximate surface area is 764 Å². The number of hydrogen-bond acceptors (Lipinski definition) is 21. The zero-order valence-electron chi connectivity index (χ0n) is 78.7. The van der Waals surface area contributed by atoms with E-state index in [9.17, 15) is 70.7 Å². The first-order valence-electron chi connectivity index (χ1n) is 46.2. The maximum atomic E-state index is 13.7. The molecule has 0 radical (unpaired) electrons. The molecule has 6 rings (SSSR count). The molecule has 10 amide bonds. The lowest BCUT2D eigenvalue weighted by Crippen LogP contribution is -2.55. The van der Waals surface area contributed by atoms with Crippen molar-refractivity contribution in [3.63, 3.8) is 0 Å². The van der Waals surface area contributed by atoms with Gasteiger partial charge in [-0.25, -0.2) is 37.5 Å². The second-order valence-electron chi connectivity index (χ2n) is 36.4. The zero-order chi connectivity index (χ0) is 94.8. The van der Waals surface area contributed by atoms with Gasteiger partial charge in [-0.2, -0.15) is 0 Å². The van der Waals surface area contributed by atoms with Gasteiger partial charge in [0.15, 0.2) is 63.6 Å². The minimum absolute atomic E-state index is 0.0285. The number of benzene rings is 3. The van der Waals surface area contributed by atoms with Crippen molar-refractivity contribution >= 4 is 133 Å². The molecular weight excluding hydrogens is 1690 g/mol. The SMILES string of the molecule is CCCCCCCCCCCCOc1ccc(Cl)cc1NC(=O)C(C(=O)C(C)(C)C)N1C(=O)OC(CCCC)C1=O.CCCCCCCCCCCCS(=O)(=O)CC(C)C(=O)Nc1ccc(OC)c(NC(=O)C(C(=O)C(C)(C)C)N2C(=O)OC(CCCC)C2=O)c1.CCCCCCCCCCOc1ccc(Cl)cc1NC(=O)C(C(=O)C(C)(C)C)N1C(=O)OC(C)C1=O. The zero-order valence-corrected chi connectivity index (χ0v) is 81.0. The summed E-state index contributed by atoms with van der Waals surface area (Å²) >= 11 is 12.4. The van der Waals surface area contributed by atoms with Crippen LogP contribution < -0.4 is 35.5 Å². The van der Waals surface area contributed by atoms with Crippen molar-refractivity contribution in [1.82, 2.24) is 14.7 Å². The summed E-state index contributed by atoms with van der Waals surface area (Å²) in [4.78, 5) is 172. The van der Waals surface area contributed by atoms with E-state index in [2.05, 4.69) is 42.0 Å². The number of amides is 10. The van der Waals surface area contributed by atoms with Crippen LogP contribution in [0.4, 0.5) is 37.1 Å². The average Bonchev–Trinajstić information content (AvgIpc) is 1.67. The Morgan fingerprint density at radius 1 is 0.402 bits per heavy atom. The van der Waals surface area contributed by atoms with Crippen LogP contribution in [0.15, 0.2) is 54.6 Å². The van der Waals surface area contributed by atoms with Crippen LogP contribution in [-0.2, 0) is 72.0 Å². The molecule has 3 aromatic carbocycles. The van der Waals surface area contributed by atoms with E-state index < -0.39 is 145 Å². The van der Waals surface area contributed by atoms with Gasteiger partial charge in [-0.05, 0) is 106 Å². The monoisotopic (exact) mass is 1840 g/mol. The molecule has 3 aliphatic rings. The van der Waals surface area contributed by atoms with Crippen LogP contribution >= 0.6 is 23.2 Å². The van der Waals surface area contributed by atoms with Crippen molar-refractivity contribution in [2.24, 2.45) is 22.2 Å². The van der Waals surface area contributed by atoms with Gasteiger partial charge in [0.25, 0.3) is 35.4 Å². The third-order valence-corrected chi connectivity index (χ3v) is 24.4. The molecule has 3 fully saturated rings. The van der Waals surface area contributed by atoms with Crippen LogP contribution in [0.5, 0.6) is 17.2 Å². The molecule has 3 saturated heterocycles. The minimum atomic E-state index is -3.46. The third kappa shape index (κ3) is 37.4. The molecule has 3 heterocycles. The Morgan fingerprint density at radius 2 is 0.709 bits per heavy atom. The fourth-order valence-corrected chi connectivity index (χ4v) is 16.4. The summed E-state index contributed by atoms with van der Waals surface area (Å²) in [5, 5.41) is 11.3. The van der Waals surface area contributed by atoms with Crippen molar-refractivity contribution in [1.29, 1.82) is 0 Å². The Hall–Kier alpha value is -8.70. The van der Waals surface area contributed by atoms with E-state index in [0.717, 1.165) is 70.6 Å². The summed E-state index contributed by atoms with van der Waals surface area (Å²) in [5.74, 6) is -7.31. The molecule has 3 aliphatic heterocycles. The number of anilines is 4. The van der Waals surface area contributed by atoms with Gasteiger partial charge >= 0.3 is 18.3 Å². The highest BCUT2D eigenvalue weighted by Gasteiger charge is 2.54. The van der Waals surface area contributed by atoms with Crippen molar-refractivity contribution in [3.8, 4) is 17.2 Å². The Kier molecular flexibility index (Phi) is 48.8. The summed E-state index contributed by atoms with van der Waals surface area (Å²) in [6.45, 7) is 28.8. The Morgan fingerprint density at radius 3 is 1.03 bits per heavy atom. The predicted molar refractivity (Wildman–Crippen MR) is 496 cm³/mol. The van der Waals surface area contributed by atoms with Crippen LogP contribution in [0.2, 0.25) is 10.0 Å². The largest absolute Gasteiger partial charge is 0.495 e. The summed E-state index contributed by atoms with van der Waals surface area (Å²) in [5.41, 5.74) is -2.29. The number of carbonyl (C=O) groups is 13. The van der Waals surface area contributed by atoms with Crippen LogP contribution in [-0.4, -0.2) is 168 Å². The number of Topliss-reactive ketones (excluding diaryl/α,β-unsaturated/α-hetero) is 3. The van der Waals surface area contributed by atoms with Gasteiger partial charge in [0.05, 0.1) is 48.9 Å². The Balaban J connectivity index is 0.000000405. The number of hydrogen-bond donors (Lipinski definition) is 4. The normalized spacial score (nSPS) is 16.2. The molecule has 712 valence electrons. The van der Waals surface area contributed by atoms with E-state index >= 15 is 0 Å². The Bertz CT molecular complexity index is 4210. The van der Waals surface area contributed by atoms with Gasteiger partial charge in [-0.15, -0.1) is 0 Å². The molecule has 0 bridgehead atoms. The van der Waals surface area contributed by atoms with Gasteiger partial charge < -0.3 is 49.7 Å². The quantitative estimate of drug-likeness (QED) is 0.0232. The highest BCUT2D eigenvalue weighted by molar-refractivity contribution is 7.91. The molecule has 7 unspecified atom stereocenters. The number of unbranched alkanes of at least 4 members (excludes halogenated alkanes) is 27. The molecule has 28 nitrogen and oxygen atoms in total. The molecule has 127 heavy (non-hydrogen) atoms. The summed E-state index contributed by atoms with van der Waals surface area (Å²) in [6.07, 6.45) is 29.5. The number of methoxy groups -OCH3 is 1. The number of cyclic esters (lactones) is 3. The predicted octanol–water partition coefficient (Wildman–Crippen LogP) is 21.3. The first kappa shape index (κ1) is 111. The summed E-state index contributed by atoms with van der Waals surface area (Å²) in [6, 6.07) is 8.84. The van der Waals surface area contributed by atoms with Gasteiger partial charge in [-0.1, -0.05) is 300 Å². The third-order valence-electron chi connectivity index (χ3n) is 22.0. The molecule has 31 heteroatoms. The van der Waals surface area contributed by atoms with Gasteiger partial charge in [0.2, 0.25) is 5.91 Å². The number of carbonyl (C=O) groups excluding carboxylic acids is 13. The molecule has 4 N–H and O–H groups in total.